The lowest BCUT2D eigenvalue weighted by molar-refractivity contribution is 0.0880. The Balaban J connectivity index is 1.81. The predicted molar refractivity (Wildman–Crippen MR) is 86.4 cm³/mol. The molecule has 9 heteroatoms. The highest BCUT2D eigenvalue weighted by Gasteiger charge is 2.32. The van der Waals surface area contributed by atoms with E-state index in [9.17, 15) is 23.2 Å². The maximum Gasteiger partial charge on any atom is 0.262 e. The molecule has 0 bridgehead atoms. The van der Waals surface area contributed by atoms with Gasteiger partial charge in [0.1, 0.15) is 5.82 Å². The Morgan fingerprint density at radius 1 is 1.12 bits per heavy atom. The van der Waals surface area contributed by atoms with Crippen LogP contribution in [0, 0.1) is 17.6 Å². The zero-order chi connectivity index (χ0) is 18.6. The van der Waals surface area contributed by atoms with E-state index in [4.69, 9.17) is 10.5 Å². The summed E-state index contributed by atoms with van der Waals surface area (Å²) < 4.78 is 34.5. The molecule has 26 heavy (non-hydrogen) atoms. The van der Waals surface area contributed by atoms with E-state index in [-0.39, 0.29) is 29.2 Å². The molecule has 0 unspecified atom stereocenters. The lowest BCUT2D eigenvalue weighted by Gasteiger charge is -2.14. The summed E-state index contributed by atoms with van der Waals surface area (Å²) in [6.07, 6.45) is 1.92. The molecule has 134 valence electrons. The summed E-state index contributed by atoms with van der Waals surface area (Å²) in [6.45, 7) is 0.219. The summed E-state index contributed by atoms with van der Waals surface area (Å²) in [5.74, 6) is -4.10. The van der Waals surface area contributed by atoms with Crippen LogP contribution in [0.15, 0.2) is 23.0 Å². The van der Waals surface area contributed by atoms with Crippen molar-refractivity contribution in [2.75, 3.05) is 12.3 Å². The van der Waals surface area contributed by atoms with E-state index in [0.29, 0.717) is 5.92 Å². The van der Waals surface area contributed by atoms with Gasteiger partial charge in [-0.3, -0.25) is 24.3 Å². The van der Waals surface area contributed by atoms with Gasteiger partial charge >= 0.3 is 0 Å². The van der Waals surface area contributed by atoms with Crippen molar-refractivity contribution >= 4 is 17.6 Å². The summed E-state index contributed by atoms with van der Waals surface area (Å²) in [6, 6.07) is 2.69. The normalized spacial score (nSPS) is 15.8. The Morgan fingerprint density at radius 2 is 1.77 bits per heavy atom. The van der Waals surface area contributed by atoms with Gasteiger partial charge in [0.2, 0.25) is 0 Å². The number of aromatic nitrogens is 1. The number of ether oxygens (including phenoxy) is 1. The molecule has 2 aliphatic rings. The van der Waals surface area contributed by atoms with E-state index < -0.39 is 34.8 Å². The first-order valence-corrected chi connectivity index (χ1v) is 7.90. The molecule has 2 heterocycles. The van der Waals surface area contributed by atoms with Crippen molar-refractivity contribution in [2.24, 2.45) is 5.92 Å². The molecule has 0 radical (unpaired) electrons. The van der Waals surface area contributed by atoms with Crippen LogP contribution in [0.1, 0.15) is 33.6 Å². The average molecular weight is 361 g/mol. The van der Waals surface area contributed by atoms with E-state index in [1.54, 1.807) is 0 Å². The highest BCUT2D eigenvalue weighted by Crippen LogP contribution is 2.32. The van der Waals surface area contributed by atoms with Gasteiger partial charge in [-0.1, -0.05) is 0 Å². The molecule has 2 aromatic rings. The van der Waals surface area contributed by atoms with E-state index in [2.05, 4.69) is 0 Å². The number of fused-ring (bicyclic) bond motifs is 1. The molecule has 4 rings (SSSR count). The Kier molecular flexibility index (Phi) is 3.53. The molecule has 1 aromatic carbocycles. The van der Waals surface area contributed by atoms with Crippen LogP contribution in [0.4, 0.5) is 14.6 Å². The molecular weight excluding hydrogens is 348 g/mol. The second-order valence-electron chi connectivity index (χ2n) is 6.27. The molecule has 2 amide bonds. The molecule has 0 saturated heterocycles. The van der Waals surface area contributed by atoms with Gasteiger partial charge in [-0.2, -0.15) is 0 Å². The molecule has 1 fully saturated rings. The minimum absolute atomic E-state index is 0.168. The number of nitrogens with zero attached hydrogens (tertiary/aromatic N) is 1. The number of halogens is 2. The quantitative estimate of drug-likeness (QED) is 0.801. The number of nitrogens with two attached hydrogens (primary N) is 1. The molecule has 0 atom stereocenters. The van der Waals surface area contributed by atoms with Crippen LogP contribution in [0.25, 0.3) is 5.69 Å². The first-order valence-electron chi connectivity index (χ1n) is 7.90. The number of amides is 2. The van der Waals surface area contributed by atoms with Crippen molar-refractivity contribution in [3.63, 3.8) is 0 Å². The zero-order valence-corrected chi connectivity index (χ0v) is 13.3. The maximum absolute atomic E-state index is 14.3. The van der Waals surface area contributed by atoms with Gasteiger partial charge in [-0.25, -0.2) is 8.78 Å². The number of nitrogen functional groups attached to an aromatic ring is 1. The first-order chi connectivity index (χ1) is 12.4. The van der Waals surface area contributed by atoms with Gasteiger partial charge in [0.25, 0.3) is 17.4 Å². The summed E-state index contributed by atoms with van der Waals surface area (Å²) >= 11 is 0. The van der Waals surface area contributed by atoms with Gasteiger partial charge in [0, 0.05) is 18.2 Å². The van der Waals surface area contributed by atoms with Crippen LogP contribution in [-0.2, 0) is 0 Å². The van der Waals surface area contributed by atoms with Gasteiger partial charge in [-0.15, -0.1) is 0 Å². The van der Waals surface area contributed by atoms with Crippen LogP contribution in [0.3, 0.4) is 0 Å². The molecule has 3 N–H and O–H groups in total. The molecule has 1 aromatic heterocycles. The highest BCUT2D eigenvalue weighted by atomic mass is 19.1. The van der Waals surface area contributed by atoms with E-state index in [0.717, 1.165) is 35.6 Å². The molecular formula is C17H13F2N3O4. The van der Waals surface area contributed by atoms with Crippen molar-refractivity contribution in [3.8, 4) is 11.4 Å². The van der Waals surface area contributed by atoms with Crippen LogP contribution in [-0.4, -0.2) is 23.0 Å². The number of anilines is 1. The molecule has 7 nitrogen and oxygen atoms in total. The Hall–Kier alpha value is -3.23. The maximum atomic E-state index is 14.3. The van der Waals surface area contributed by atoms with Crippen molar-refractivity contribution in [1.82, 2.24) is 9.88 Å². The molecule has 0 spiro atoms. The standard InChI is InChI=1S/C17H13F2N3O4/c18-10-3-8(4-11(19)14(10)26-6-7-1-2-7)22-12(23)5-9-13(15(22)20)17(25)21-16(9)24/h3-5,7H,1-2,6,20H2,(H,21,24,25). The van der Waals surface area contributed by atoms with Crippen LogP contribution < -0.4 is 21.3 Å². The fourth-order valence-corrected chi connectivity index (χ4v) is 2.84. The highest BCUT2D eigenvalue weighted by molar-refractivity contribution is 6.23. The number of benzene rings is 1. The fourth-order valence-electron chi connectivity index (χ4n) is 2.84. The second-order valence-corrected chi connectivity index (χ2v) is 6.27. The lowest BCUT2D eigenvalue weighted by atomic mass is 10.1. The van der Waals surface area contributed by atoms with E-state index in [1.165, 1.54) is 0 Å². The van der Waals surface area contributed by atoms with Crippen LogP contribution in [0.2, 0.25) is 0 Å². The number of carbonyl (C=O) groups excluding carboxylic acids is 2. The fraction of sp³-hybridized carbons (Fsp3) is 0.235. The molecule has 1 saturated carbocycles. The van der Waals surface area contributed by atoms with Crippen molar-refractivity contribution in [2.45, 2.75) is 12.8 Å². The summed E-state index contributed by atoms with van der Waals surface area (Å²) in [5, 5.41) is 2.02. The third-order valence-electron chi connectivity index (χ3n) is 4.35. The third-order valence-corrected chi connectivity index (χ3v) is 4.35. The molecule has 1 aliphatic carbocycles. The predicted octanol–water partition coefficient (Wildman–Crippen LogP) is 1.37. The molecule has 1 aliphatic heterocycles. The van der Waals surface area contributed by atoms with Crippen molar-refractivity contribution < 1.29 is 23.1 Å². The largest absolute Gasteiger partial charge is 0.487 e. The van der Waals surface area contributed by atoms with Gasteiger partial charge in [0.15, 0.2) is 17.4 Å². The summed E-state index contributed by atoms with van der Waals surface area (Å²) in [7, 11) is 0. The number of carbonyl (C=O) groups is 2. The number of imide groups is 1. The number of pyridine rings is 1. The number of rotatable bonds is 4. The van der Waals surface area contributed by atoms with Crippen molar-refractivity contribution in [3.05, 3.63) is 51.3 Å². The number of hydrogen-bond acceptors (Lipinski definition) is 5. The van der Waals surface area contributed by atoms with Gasteiger partial charge < -0.3 is 10.5 Å². The van der Waals surface area contributed by atoms with Crippen molar-refractivity contribution in [1.29, 1.82) is 0 Å². The van der Waals surface area contributed by atoms with Crippen LogP contribution in [0.5, 0.6) is 5.75 Å². The van der Waals surface area contributed by atoms with E-state index >= 15 is 0 Å². The monoisotopic (exact) mass is 361 g/mol. The third kappa shape index (κ3) is 2.52. The van der Waals surface area contributed by atoms with Crippen LogP contribution >= 0.6 is 0 Å². The smallest absolute Gasteiger partial charge is 0.262 e. The van der Waals surface area contributed by atoms with Gasteiger partial charge in [-0.05, 0) is 18.8 Å². The Bertz CT molecular complexity index is 1000. The second kappa shape index (κ2) is 5.65. The minimum Gasteiger partial charge on any atom is -0.487 e. The lowest BCUT2D eigenvalue weighted by Crippen LogP contribution is -2.24. The average Bonchev–Trinajstić information content (AvgIpc) is 3.32. The minimum atomic E-state index is -0.993. The topological polar surface area (TPSA) is 103 Å². The SMILES string of the molecule is Nc1c2c(cc(=O)n1-c1cc(F)c(OCC3CC3)c(F)c1)C(=O)NC2=O. The Morgan fingerprint density at radius 3 is 2.38 bits per heavy atom. The number of nitrogens with one attached hydrogen (secondary N) is 1. The summed E-state index contributed by atoms with van der Waals surface area (Å²) in [4.78, 5) is 35.8. The van der Waals surface area contributed by atoms with E-state index in [1.807, 2.05) is 5.32 Å². The summed E-state index contributed by atoms with van der Waals surface area (Å²) in [5.41, 5.74) is 4.46. The zero-order valence-electron chi connectivity index (χ0n) is 13.3. The first kappa shape index (κ1) is 16.2. The van der Waals surface area contributed by atoms with Gasteiger partial charge in [0.05, 0.1) is 23.4 Å². The number of hydrogen-bond donors (Lipinski definition) is 2. The Labute approximate surface area is 145 Å².